The number of ether oxygens (including phenoxy) is 1. The normalized spacial score (nSPS) is 26.1. The summed E-state index contributed by atoms with van der Waals surface area (Å²) in [6.45, 7) is 6.70. The smallest absolute Gasteiger partial charge is 0.317 e. The SMILES string of the molecule is CCO[C@@H]1C[C@H](O)C12CCN(C(=O)NCc1cscc1C)CC2. The van der Waals surface area contributed by atoms with E-state index in [1.807, 2.05) is 11.8 Å². The predicted octanol–water partition coefficient (Wildman–Crippen LogP) is 2.52. The van der Waals surface area contributed by atoms with Gasteiger partial charge in [-0.3, -0.25) is 0 Å². The number of rotatable bonds is 4. The van der Waals surface area contributed by atoms with Crippen molar-refractivity contribution in [3.05, 3.63) is 21.9 Å². The van der Waals surface area contributed by atoms with Crippen LogP contribution >= 0.6 is 11.3 Å². The van der Waals surface area contributed by atoms with E-state index >= 15 is 0 Å². The van der Waals surface area contributed by atoms with E-state index in [-0.39, 0.29) is 23.7 Å². The maximum Gasteiger partial charge on any atom is 0.317 e. The molecule has 23 heavy (non-hydrogen) atoms. The van der Waals surface area contributed by atoms with Gasteiger partial charge in [-0.25, -0.2) is 4.79 Å². The number of nitrogens with one attached hydrogen (secondary N) is 1. The monoisotopic (exact) mass is 338 g/mol. The fraction of sp³-hybridized carbons (Fsp3) is 0.706. The Labute approximate surface area is 141 Å². The second-order valence-corrected chi connectivity index (χ2v) is 7.40. The molecule has 1 aromatic heterocycles. The highest BCUT2D eigenvalue weighted by molar-refractivity contribution is 7.08. The second kappa shape index (κ2) is 6.79. The van der Waals surface area contributed by atoms with Crippen molar-refractivity contribution in [3.63, 3.8) is 0 Å². The number of thiophene rings is 1. The first-order chi connectivity index (χ1) is 11.1. The Morgan fingerprint density at radius 2 is 2.22 bits per heavy atom. The zero-order chi connectivity index (χ0) is 16.4. The molecule has 2 atom stereocenters. The maximum absolute atomic E-state index is 12.3. The van der Waals surface area contributed by atoms with E-state index in [4.69, 9.17) is 4.74 Å². The third-order valence-corrected chi connectivity index (χ3v) is 6.39. The summed E-state index contributed by atoms with van der Waals surface area (Å²) in [5, 5.41) is 17.4. The Bertz CT molecular complexity index is 550. The molecule has 0 bridgehead atoms. The van der Waals surface area contributed by atoms with Crippen molar-refractivity contribution < 1.29 is 14.6 Å². The first kappa shape index (κ1) is 16.7. The van der Waals surface area contributed by atoms with Crippen molar-refractivity contribution in [1.82, 2.24) is 10.2 Å². The van der Waals surface area contributed by atoms with Gasteiger partial charge in [0.25, 0.3) is 0 Å². The largest absolute Gasteiger partial charge is 0.392 e. The number of amides is 2. The number of likely N-dealkylation sites (tertiary alicyclic amines) is 1. The molecule has 1 aliphatic heterocycles. The molecule has 2 aliphatic rings. The van der Waals surface area contributed by atoms with Gasteiger partial charge in [0, 0.05) is 38.1 Å². The molecule has 2 N–H and O–H groups in total. The van der Waals surface area contributed by atoms with E-state index in [1.54, 1.807) is 11.3 Å². The summed E-state index contributed by atoms with van der Waals surface area (Å²) in [7, 11) is 0. The van der Waals surface area contributed by atoms with Crippen molar-refractivity contribution in [1.29, 1.82) is 0 Å². The topological polar surface area (TPSA) is 61.8 Å². The van der Waals surface area contributed by atoms with Gasteiger partial charge >= 0.3 is 6.03 Å². The molecule has 6 heteroatoms. The first-order valence-electron chi connectivity index (χ1n) is 8.41. The van der Waals surface area contributed by atoms with E-state index in [0.717, 1.165) is 19.3 Å². The highest BCUT2D eigenvalue weighted by Crippen LogP contribution is 2.50. The molecule has 1 spiro atoms. The molecule has 3 rings (SSSR count). The number of carbonyl (C=O) groups excluding carboxylic acids is 1. The number of piperidine rings is 1. The third kappa shape index (κ3) is 3.12. The first-order valence-corrected chi connectivity index (χ1v) is 9.35. The quantitative estimate of drug-likeness (QED) is 0.887. The van der Waals surface area contributed by atoms with E-state index in [0.29, 0.717) is 26.2 Å². The van der Waals surface area contributed by atoms with Crippen LogP contribution in [0.5, 0.6) is 0 Å². The molecule has 1 aliphatic carbocycles. The van der Waals surface area contributed by atoms with Crippen LogP contribution < -0.4 is 5.32 Å². The third-order valence-electron chi connectivity index (χ3n) is 5.48. The molecular weight excluding hydrogens is 312 g/mol. The Morgan fingerprint density at radius 3 is 2.78 bits per heavy atom. The molecule has 128 valence electrons. The fourth-order valence-corrected chi connectivity index (χ4v) is 4.65. The Balaban J connectivity index is 1.50. The molecule has 0 unspecified atom stereocenters. The summed E-state index contributed by atoms with van der Waals surface area (Å²) in [4.78, 5) is 14.2. The number of aliphatic hydroxyl groups is 1. The van der Waals surface area contributed by atoms with Gasteiger partial charge in [-0.2, -0.15) is 11.3 Å². The van der Waals surface area contributed by atoms with Crippen molar-refractivity contribution in [2.75, 3.05) is 19.7 Å². The molecule has 2 fully saturated rings. The number of hydrogen-bond donors (Lipinski definition) is 2. The van der Waals surface area contributed by atoms with Gasteiger partial charge in [0.15, 0.2) is 0 Å². The van der Waals surface area contributed by atoms with E-state index in [2.05, 4.69) is 23.0 Å². The average molecular weight is 338 g/mol. The minimum absolute atomic E-state index is 0.00720. The summed E-state index contributed by atoms with van der Waals surface area (Å²) < 4.78 is 5.77. The van der Waals surface area contributed by atoms with Crippen LogP contribution in [0.4, 0.5) is 4.79 Å². The standard InChI is InChI=1S/C17H26N2O3S/c1-3-22-15-8-14(20)17(15)4-6-19(7-5-17)16(21)18-9-13-11-23-10-12(13)2/h10-11,14-15,20H,3-9H2,1-2H3,(H,18,21)/t14-,15+/m0/s1. The Morgan fingerprint density at radius 1 is 1.48 bits per heavy atom. The lowest BCUT2D eigenvalue weighted by atomic mass is 9.58. The van der Waals surface area contributed by atoms with Gasteiger partial charge in [-0.1, -0.05) is 0 Å². The van der Waals surface area contributed by atoms with E-state index in [1.165, 1.54) is 11.1 Å². The molecule has 1 aromatic rings. The molecule has 0 aromatic carbocycles. The van der Waals surface area contributed by atoms with Crippen LogP contribution in [-0.2, 0) is 11.3 Å². The molecular formula is C17H26N2O3S. The summed E-state index contributed by atoms with van der Waals surface area (Å²) in [6, 6.07) is -0.00720. The van der Waals surface area contributed by atoms with Crippen LogP contribution in [0.2, 0.25) is 0 Å². The summed E-state index contributed by atoms with van der Waals surface area (Å²) in [6.07, 6.45) is 2.25. The van der Waals surface area contributed by atoms with Crippen LogP contribution in [0.25, 0.3) is 0 Å². The highest BCUT2D eigenvalue weighted by Gasteiger charge is 2.56. The van der Waals surface area contributed by atoms with Gasteiger partial charge in [0.2, 0.25) is 0 Å². The lowest BCUT2D eigenvalue weighted by Gasteiger charge is -2.56. The number of aryl methyl sites for hydroxylation is 1. The van der Waals surface area contributed by atoms with Crippen LogP contribution in [0, 0.1) is 12.3 Å². The number of nitrogens with zero attached hydrogens (tertiary/aromatic N) is 1. The van der Waals surface area contributed by atoms with Gasteiger partial charge < -0.3 is 20.1 Å². The van der Waals surface area contributed by atoms with Crippen molar-refractivity contribution >= 4 is 17.4 Å². The fourth-order valence-electron chi connectivity index (χ4n) is 3.79. The molecule has 2 heterocycles. The van der Waals surface area contributed by atoms with E-state index in [9.17, 15) is 9.90 Å². The van der Waals surface area contributed by atoms with Crippen molar-refractivity contribution in [3.8, 4) is 0 Å². The number of carbonyl (C=O) groups is 1. The van der Waals surface area contributed by atoms with Gasteiger partial charge in [-0.05, 0) is 48.6 Å². The minimum atomic E-state index is -0.280. The lowest BCUT2D eigenvalue weighted by molar-refractivity contribution is -0.207. The van der Waals surface area contributed by atoms with E-state index < -0.39 is 0 Å². The molecule has 1 saturated carbocycles. The minimum Gasteiger partial charge on any atom is -0.392 e. The van der Waals surface area contributed by atoms with Crippen LogP contribution in [0.3, 0.4) is 0 Å². The summed E-state index contributed by atoms with van der Waals surface area (Å²) >= 11 is 1.66. The van der Waals surface area contributed by atoms with Crippen LogP contribution in [-0.4, -0.2) is 47.9 Å². The Kier molecular flexibility index (Phi) is 4.94. The number of aliphatic hydroxyl groups excluding tert-OH is 1. The van der Waals surface area contributed by atoms with Gasteiger partial charge in [0.05, 0.1) is 12.2 Å². The summed E-state index contributed by atoms with van der Waals surface area (Å²) in [5.74, 6) is 0. The summed E-state index contributed by atoms with van der Waals surface area (Å²) in [5.41, 5.74) is 2.28. The Hall–Kier alpha value is -1.11. The van der Waals surface area contributed by atoms with Crippen molar-refractivity contribution in [2.45, 2.75) is 51.9 Å². The highest BCUT2D eigenvalue weighted by atomic mass is 32.1. The lowest BCUT2D eigenvalue weighted by Crippen LogP contribution is -2.63. The average Bonchev–Trinajstić information content (AvgIpc) is 2.98. The molecule has 2 amide bonds. The number of hydrogen-bond acceptors (Lipinski definition) is 4. The zero-order valence-corrected chi connectivity index (χ0v) is 14.7. The maximum atomic E-state index is 12.3. The van der Waals surface area contributed by atoms with Gasteiger partial charge in [-0.15, -0.1) is 0 Å². The van der Waals surface area contributed by atoms with Gasteiger partial charge in [0.1, 0.15) is 0 Å². The molecule has 0 radical (unpaired) electrons. The van der Waals surface area contributed by atoms with Crippen LogP contribution in [0.1, 0.15) is 37.3 Å². The van der Waals surface area contributed by atoms with Crippen molar-refractivity contribution in [2.24, 2.45) is 5.41 Å². The number of urea groups is 1. The predicted molar refractivity (Wildman–Crippen MR) is 90.6 cm³/mol. The zero-order valence-electron chi connectivity index (χ0n) is 13.9. The molecule has 1 saturated heterocycles. The second-order valence-electron chi connectivity index (χ2n) is 6.65. The molecule has 5 nitrogen and oxygen atoms in total. The van der Waals surface area contributed by atoms with Crippen LogP contribution in [0.15, 0.2) is 10.8 Å².